The second kappa shape index (κ2) is 6.93. The molecule has 0 unspecified atom stereocenters. The number of carbonyl (C=O) groups is 1. The van der Waals surface area contributed by atoms with Crippen molar-refractivity contribution in [2.45, 2.75) is 26.3 Å². The van der Waals surface area contributed by atoms with E-state index >= 15 is 0 Å². The van der Waals surface area contributed by atoms with Crippen LogP contribution in [0.25, 0.3) is 10.9 Å². The molecule has 3 heterocycles. The molecule has 7 heteroatoms. The van der Waals surface area contributed by atoms with E-state index in [9.17, 15) is 4.79 Å². The Kier molecular flexibility index (Phi) is 4.50. The Balaban J connectivity index is 1.42. The predicted molar refractivity (Wildman–Crippen MR) is 99.8 cm³/mol. The first-order valence-corrected chi connectivity index (χ1v) is 9.47. The smallest absolute Gasteiger partial charge is 0.259 e. The van der Waals surface area contributed by atoms with E-state index in [0.717, 1.165) is 42.1 Å². The number of rotatable bonds is 4. The maximum absolute atomic E-state index is 12.6. The number of H-pyrrole nitrogens is 1. The monoisotopic (exact) mass is 355 g/mol. The number of benzene rings is 1. The molecule has 0 spiro atoms. The molecule has 2 aromatic heterocycles. The third kappa shape index (κ3) is 3.57. The molecule has 6 nitrogen and oxygen atoms in total. The van der Waals surface area contributed by atoms with Gasteiger partial charge >= 0.3 is 0 Å². The first kappa shape index (κ1) is 16.2. The number of fused-ring (bicyclic) bond motifs is 1. The molecule has 25 heavy (non-hydrogen) atoms. The summed E-state index contributed by atoms with van der Waals surface area (Å²) in [7, 11) is 0. The first-order chi connectivity index (χ1) is 12.2. The van der Waals surface area contributed by atoms with Crippen molar-refractivity contribution < 1.29 is 4.79 Å². The fourth-order valence-corrected chi connectivity index (χ4v) is 3.91. The molecular formula is C18H21N5OS. The van der Waals surface area contributed by atoms with Gasteiger partial charge in [-0.1, -0.05) is 19.1 Å². The Morgan fingerprint density at radius 3 is 3.08 bits per heavy atom. The lowest BCUT2D eigenvalue weighted by Gasteiger charge is -2.29. The summed E-state index contributed by atoms with van der Waals surface area (Å²) in [5.41, 5.74) is 2.35. The number of anilines is 1. The lowest BCUT2D eigenvalue weighted by Crippen LogP contribution is -2.32. The number of para-hydroxylation sites is 1. The summed E-state index contributed by atoms with van der Waals surface area (Å²) in [5, 5.41) is 13.4. The lowest BCUT2D eigenvalue weighted by atomic mass is 9.99. The average Bonchev–Trinajstić information content (AvgIpc) is 3.25. The van der Waals surface area contributed by atoms with Crippen LogP contribution in [-0.2, 0) is 6.54 Å². The summed E-state index contributed by atoms with van der Waals surface area (Å²) >= 11 is 1.47. The fourth-order valence-electron chi connectivity index (χ4n) is 3.21. The quantitative estimate of drug-likeness (QED) is 0.751. The van der Waals surface area contributed by atoms with Gasteiger partial charge in [-0.25, -0.2) is 4.98 Å². The summed E-state index contributed by atoms with van der Waals surface area (Å²) in [6.07, 6.45) is 4.22. The number of thiazole rings is 1. The van der Waals surface area contributed by atoms with Crippen molar-refractivity contribution in [3.8, 4) is 0 Å². The molecule has 1 aromatic carbocycles. The molecule has 0 bridgehead atoms. The Labute approximate surface area is 150 Å². The zero-order valence-corrected chi connectivity index (χ0v) is 15.0. The standard InChI is InChI=1S/C18H21N5OS/c1-12-5-7-23(8-6-12)10-14-11-25-18(20-14)21-17(24)15-4-2-3-13-9-19-22-16(13)15/h2-4,9,11-12H,5-8,10H2,1H3,(H,19,22)(H,20,21,24). The van der Waals surface area contributed by atoms with Gasteiger partial charge in [0.15, 0.2) is 5.13 Å². The van der Waals surface area contributed by atoms with Gasteiger partial charge in [0.05, 0.1) is 23.0 Å². The molecule has 1 aliphatic heterocycles. The van der Waals surface area contributed by atoms with Gasteiger partial charge in [-0.05, 0) is 37.9 Å². The topological polar surface area (TPSA) is 73.9 Å². The number of amides is 1. The number of likely N-dealkylation sites (tertiary alicyclic amines) is 1. The van der Waals surface area contributed by atoms with E-state index in [4.69, 9.17) is 0 Å². The molecule has 2 N–H and O–H groups in total. The number of piperidine rings is 1. The number of aromatic nitrogens is 3. The molecule has 0 saturated carbocycles. The van der Waals surface area contributed by atoms with Crippen LogP contribution in [0.4, 0.5) is 5.13 Å². The number of nitrogens with zero attached hydrogens (tertiary/aromatic N) is 3. The molecule has 1 aliphatic rings. The zero-order valence-electron chi connectivity index (χ0n) is 14.2. The molecule has 130 valence electrons. The number of aromatic amines is 1. The minimum atomic E-state index is -0.164. The van der Waals surface area contributed by atoms with Crippen LogP contribution >= 0.6 is 11.3 Å². The Hall–Kier alpha value is -2.25. The highest BCUT2D eigenvalue weighted by atomic mass is 32.1. The van der Waals surface area contributed by atoms with Crippen LogP contribution in [0.5, 0.6) is 0 Å². The molecule has 0 atom stereocenters. The van der Waals surface area contributed by atoms with Gasteiger partial charge in [-0.3, -0.25) is 20.1 Å². The van der Waals surface area contributed by atoms with E-state index in [-0.39, 0.29) is 5.91 Å². The summed E-state index contributed by atoms with van der Waals surface area (Å²) in [5.74, 6) is 0.661. The molecule has 1 saturated heterocycles. The number of carbonyl (C=O) groups excluding carboxylic acids is 1. The van der Waals surface area contributed by atoms with Crippen LogP contribution in [0, 0.1) is 5.92 Å². The number of hydrogen-bond acceptors (Lipinski definition) is 5. The minimum absolute atomic E-state index is 0.164. The van der Waals surface area contributed by atoms with Crippen molar-refractivity contribution in [1.29, 1.82) is 0 Å². The fraction of sp³-hybridized carbons (Fsp3) is 0.389. The van der Waals surface area contributed by atoms with Crippen LogP contribution in [-0.4, -0.2) is 39.1 Å². The highest BCUT2D eigenvalue weighted by Gasteiger charge is 2.17. The van der Waals surface area contributed by atoms with E-state index in [1.807, 2.05) is 17.5 Å². The van der Waals surface area contributed by atoms with Crippen LogP contribution in [0.3, 0.4) is 0 Å². The molecule has 0 radical (unpaired) electrons. The summed E-state index contributed by atoms with van der Waals surface area (Å²) in [4.78, 5) is 19.6. The number of nitrogens with one attached hydrogen (secondary N) is 2. The molecule has 0 aliphatic carbocycles. The van der Waals surface area contributed by atoms with Crippen LogP contribution in [0.1, 0.15) is 35.8 Å². The Morgan fingerprint density at radius 2 is 2.24 bits per heavy atom. The van der Waals surface area contributed by atoms with E-state index in [2.05, 4.69) is 32.3 Å². The first-order valence-electron chi connectivity index (χ1n) is 8.59. The van der Waals surface area contributed by atoms with Crippen molar-refractivity contribution in [2.24, 2.45) is 5.92 Å². The van der Waals surface area contributed by atoms with Gasteiger partial charge in [-0.2, -0.15) is 5.10 Å². The normalized spacial score (nSPS) is 16.4. The number of hydrogen-bond donors (Lipinski definition) is 2. The Morgan fingerprint density at radius 1 is 1.40 bits per heavy atom. The molecule has 3 aromatic rings. The lowest BCUT2D eigenvalue weighted by molar-refractivity contribution is 0.102. The highest BCUT2D eigenvalue weighted by molar-refractivity contribution is 7.14. The van der Waals surface area contributed by atoms with E-state index in [1.54, 1.807) is 12.3 Å². The highest BCUT2D eigenvalue weighted by Crippen LogP contribution is 2.22. The maximum Gasteiger partial charge on any atom is 0.259 e. The Bertz CT molecular complexity index is 878. The molecular weight excluding hydrogens is 334 g/mol. The zero-order chi connectivity index (χ0) is 17.2. The second-order valence-corrected chi connectivity index (χ2v) is 7.55. The summed E-state index contributed by atoms with van der Waals surface area (Å²) in [6.45, 7) is 5.42. The van der Waals surface area contributed by atoms with Gasteiger partial charge in [0, 0.05) is 17.3 Å². The third-order valence-corrected chi connectivity index (χ3v) is 5.56. The van der Waals surface area contributed by atoms with Gasteiger partial charge < -0.3 is 0 Å². The van der Waals surface area contributed by atoms with Gasteiger partial charge in [0.25, 0.3) is 5.91 Å². The van der Waals surface area contributed by atoms with Crippen molar-refractivity contribution in [1.82, 2.24) is 20.1 Å². The third-order valence-electron chi connectivity index (χ3n) is 4.76. The predicted octanol–water partition coefficient (Wildman–Crippen LogP) is 3.50. The summed E-state index contributed by atoms with van der Waals surface area (Å²) < 4.78 is 0. The van der Waals surface area contributed by atoms with Gasteiger partial charge in [-0.15, -0.1) is 11.3 Å². The largest absolute Gasteiger partial charge is 0.298 e. The van der Waals surface area contributed by atoms with E-state index in [1.165, 1.54) is 24.2 Å². The second-order valence-electron chi connectivity index (χ2n) is 6.70. The molecule has 4 rings (SSSR count). The maximum atomic E-state index is 12.6. The van der Waals surface area contributed by atoms with Gasteiger partial charge in [0.2, 0.25) is 0 Å². The van der Waals surface area contributed by atoms with Crippen molar-refractivity contribution in [2.75, 3.05) is 18.4 Å². The molecule has 1 fully saturated rings. The van der Waals surface area contributed by atoms with E-state index < -0.39 is 0 Å². The van der Waals surface area contributed by atoms with Crippen molar-refractivity contribution in [3.63, 3.8) is 0 Å². The minimum Gasteiger partial charge on any atom is -0.298 e. The molecule has 1 amide bonds. The SMILES string of the molecule is CC1CCN(Cc2csc(NC(=O)c3cccc4cn[nH]c34)n2)CC1. The van der Waals surface area contributed by atoms with Crippen molar-refractivity contribution >= 4 is 33.3 Å². The average molecular weight is 355 g/mol. The summed E-state index contributed by atoms with van der Waals surface area (Å²) in [6, 6.07) is 5.58. The van der Waals surface area contributed by atoms with Crippen molar-refractivity contribution in [3.05, 3.63) is 41.0 Å². The van der Waals surface area contributed by atoms with Crippen LogP contribution < -0.4 is 5.32 Å². The van der Waals surface area contributed by atoms with Crippen LogP contribution in [0.2, 0.25) is 0 Å². The van der Waals surface area contributed by atoms with Crippen LogP contribution in [0.15, 0.2) is 29.8 Å². The van der Waals surface area contributed by atoms with Gasteiger partial charge in [0.1, 0.15) is 0 Å². The van der Waals surface area contributed by atoms with E-state index in [0.29, 0.717) is 10.7 Å².